The molecule has 0 unspecified atom stereocenters. The van der Waals surface area contributed by atoms with Crippen LogP contribution in [0.1, 0.15) is 30.0 Å². The van der Waals surface area contributed by atoms with E-state index in [1.165, 1.54) is 31.7 Å². The maximum absolute atomic E-state index is 11.9. The van der Waals surface area contributed by atoms with Gasteiger partial charge >= 0.3 is 17.8 Å². The number of esters is 1. The van der Waals surface area contributed by atoms with Crippen LogP contribution in [0.25, 0.3) is 0 Å². The third-order valence-corrected chi connectivity index (χ3v) is 3.12. The number of methoxy groups -OCH3 is 1. The number of hydrogen-bond donors (Lipinski definition) is 2. The normalized spacial score (nSPS) is 10.7. The molecule has 142 valence electrons. The summed E-state index contributed by atoms with van der Waals surface area (Å²) >= 11 is 0. The van der Waals surface area contributed by atoms with E-state index < -0.39 is 17.8 Å². The number of carbonyl (C=O) groups is 3. The number of hydrazone groups is 1. The number of nitrogens with one attached hydrogen (secondary N) is 2. The lowest BCUT2D eigenvalue weighted by atomic mass is 10.2. The summed E-state index contributed by atoms with van der Waals surface area (Å²) in [5.41, 5.74) is 2.67. The molecule has 0 fully saturated rings. The van der Waals surface area contributed by atoms with Crippen LogP contribution in [0.5, 0.6) is 11.5 Å². The molecular formula is C18H19N3O6. The van der Waals surface area contributed by atoms with Gasteiger partial charge in [-0.3, -0.25) is 9.59 Å². The van der Waals surface area contributed by atoms with Crippen molar-refractivity contribution in [2.24, 2.45) is 5.10 Å². The zero-order chi connectivity index (χ0) is 19.8. The molecule has 9 heteroatoms. The monoisotopic (exact) mass is 373 g/mol. The second-order valence-electron chi connectivity index (χ2n) is 5.60. The molecule has 27 heavy (non-hydrogen) atoms. The lowest BCUT2D eigenvalue weighted by molar-refractivity contribution is -0.139. The van der Waals surface area contributed by atoms with Gasteiger partial charge in [0.15, 0.2) is 11.5 Å². The van der Waals surface area contributed by atoms with Crippen molar-refractivity contribution in [3.05, 3.63) is 47.9 Å². The van der Waals surface area contributed by atoms with E-state index in [9.17, 15) is 14.4 Å². The number of nitrogens with zero attached hydrogens (tertiary/aromatic N) is 1. The molecular weight excluding hydrogens is 354 g/mol. The van der Waals surface area contributed by atoms with Crippen LogP contribution in [0.15, 0.2) is 46.1 Å². The summed E-state index contributed by atoms with van der Waals surface area (Å²) in [4.78, 5) is 35.0. The standard InChI is InChI=1S/C18H19N3O6/c1-11(2)20-16(22)17(23)21-19-10-12-6-7-13(15(9-12)25-3)27-18(24)14-5-4-8-26-14/h4-11H,1-3H3,(H,20,22)(H,21,23)/b19-10-. The Morgan fingerprint density at radius 1 is 1.15 bits per heavy atom. The number of benzene rings is 1. The molecule has 0 aliphatic heterocycles. The minimum Gasteiger partial charge on any atom is -0.493 e. The van der Waals surface area contributed by atoms with Crippen LogP contribution in [0.3, 0.4) is 0 Å². The molecule has 2 aromatic rings. The number of ether oxygens (including phenoxy) is 2. The average molecular weight is 373 g/mol. The summed E-state index contributed by atoms with van der Waals surface area (Å²) < 4.78 is 15.4. The first-order valence-corrected chi connectivity index (χ1v) is 7.98. The molecule has 2 amide bonds. The number of furan rings is 1. The highest BCUT2D eigenvalue weighted by atomic mass is 16.6. The Kier molecular flexibility index (Phi) is 6.70. The lowest BCUT2D eigenvalue weighted by Crippen LogP contribution is -2.41. The molecule has 1 aromatic heterocycles. The van der Waals surface area contributed by atoms with Gasteiger partial charge in [0.25, 0.3) is 0 Å². The summed E-state index contributed by atoms with van der Waals surface area (Å²) in [6.07, 6.45) is 2.68. The third kappa shape index (κ3) is 5.70. The van der Waals surface area contributed by atoms with Gasteiger partial charge in [-0.05, 0) is 49.7 Å². The maximum Gasteiger partial charge on any atom is 0.379 e. The molecule has 0 aliphatic carbocycles. The van der Waals surface area contributed by atoms with Gasteiger partial charge in [0, 0.05) is 6.04 Å². The summed E-state index contributed by atoms with van der Waals surface area (Å²) in [6, 6.07) is 7.55. The van der Waals surface area contributed by atoms with Crippen molar-refractivity contribution in [2.45, 2.75) is 19.9 Å². The molecule has 1 aromatic carbocycles. The van der Waals surface area contributed by atoms with E-state index in [0.29, 0.717) is 5.56 Å². The van der Waals surface area contributed by atoms with Gasteiger partial charge in [0.05, 0.1) is 19.6 Å². The second-order valence-corrected chi connectivity index (χ2v) is 5.60. The van der Waals surface area contributed by atoms with E-state index >= 15 is 0 Å². The van der Waals surface area contributed by atoms with Crippen molar-refractivity contribution >= 4 is 24.0 Å². The van der Waals surface area contributed by atoms with E-state index in [2.05, 4.69) is 15.8 Å². The van der Waals surface area contributed by atoms with Gasteiger partial charge in [-0.1, -0.05) is 0 Å². The second kappa shape index (κ2) is 9.18. The first-order valence-electron chi connectivity index (χ1n) is 7.98. The number of carbonyl (C=O) groups excluding carboxylic acids is 3. The fraction of sp³-hybridized carbons (Fsp3) is 0.222. The van der Waals surface area contributed by atoms with Crippen molar-refractivity contribution in [3.63, 3.8) is 0 Å². The average Bonchev–Trinajstić information content (AvgIpc) is 3.16. The van der Waals surface area contributed by atoms with Crippen molar-refractivity contribution in [2.75, 3.05) is 7.11 Å². The Labute approximate surface area is 155 Å². The van der Waals surface area contributed by atoms with Crippen LogP contribution >= 0.6 is 0 Å². The molecule has 2 rings (SSSR count). The third-order valence-electron chi connectivity index (χ3n) is 3.12. The van der Waals surface area contributed by atoms with Crippen molar-refractivity contribution in [3.8, 4) is 11.5 Å². The molecule has 9 nitrogen and oxygen atoms in total. The summed E-state index contributed by atoms with van der Waals surface area (Å²) in [6.45, 7) is 3.47. The van der Waals surface area contributed by atoms with Gasteiger partial charge in [-0.2, -0.15) is 5.10 Å². The van der Waals surface area contributed by atoms with Gasteiger partial charge in [-0.15, -0.1) is 0 Å². The predicted molar refractivity (Wildman–Crippen MR) is 95.7 cm³/mol. The maximum atomic E-state index is 11.9. The van der Waals surface area contributed by atoms with E-state index in [-0.39, 0.29) is 23.3 Å². The van der Waals surface area contributed by atoms with Crippen LogP contribution in [0.2, 0.25) is 0 Å². The van der Waals surface area contributed by atoms with E-state index in [1.807, 2.05) is 0 Å². The zero-order valence-electron chi connectivity index (χ0n) is 15.0. The fourth-order valence-electron chi connectivity index (χ4n) is 1.94. The van der Waals surface area contributed by atoms with Gasteiger partial charge in [0.2, 0.25) is 5.76 Å². The van der Waals surface area contributed by atoms with E-state index in [0.717, 1.165) is 0 Å². The molecule has 2 N–H and O–H groups in total. The highest BCUT2D eigenvalue weighted by Crippen LogP contribution is 2.28. The molecule has 0 bridgehead atoms. The van der Waals surface area contributed by atoms with Crippen molar-refractivity contribution < 1.29 is 28.3 Å². The molecule has 1 heterocycles. The van der Waals surface area contributed by atoms with Crippen molar-refractivity contribution in [1.29, 1.82) is 0 Å². The molecule has 0 radical (unpaired) electrons. The summed E-state index contributed by atoms with van der Waals surface area (Å²) in [5, 5.41) is 6.16. The van der Waals surface area contributed by atoms with Crippen molar-refractivity contribution in [1.82, 2.24) is 10.7 Å². The summed E-state index contributed by atoms with van der Waals surface area (Å²) in [5.74, 6) is -1.79. The molecule has 0 saturated carbocycles. The number of hydrogen-bond acceptors (Lipinski definition) is 7. The summed E-state index contributed by atoms with van der Waals surface area (Å²) in [7, 11) is 1.42. The molecule has 0 spiro atoms. The minimum absolute atomic E-state index is 0.0603. The minimum atomic E-state index is -0.879. The van der Waals surface area contributed by atoms with E-state index in [1.54, 1.807) is 32.0 Å². The first-order chi connectivity index (χ1) is 12.9. The topological polar surface area (TPSA) is 119 Å². The Balaban J connectivity index is 2.01. The smallest absolute Gasteiger partial charge is 0.379 e. The highest BCUT2D eigenvalue weighted by molar-refractivity contribution is 6.35. The zero-order valence-corrected chi connectivity index (χ0v) is 15.0. The number of rotatable bonds is 6. The largest absolute Gasteiger partial charge is 0.493 e. The van der Waals surface area contributed by atoms with Crippen LogP contribution in [-0.2, 0) is 9.59 Å². The predicted octanol–water partition coefficient (Wildman–Crippen LogP) is 1.48. The quantitative estimate of drug-likeness (QED) is 0.260. The number of amides is 2. The van der Waals surface area contributed by atoms with Gasteiger partial charge in [-0.25, -0.2) is 10.2 Å². The molecule has 0 saturated heterocycles. The fourth-order valence-corrected chi connectivity index (χ4v) is 1.94. The first kappa shape index (κ1) is 19.7. The Hall–Kier alpha value is -3.62. The van der Waals surface area contributed by atoms with Gasteiger partial charge < -0.3 is 19.2 Å². The lowest BCUT2D eigenvalue weighted by Gasteiger charge is -2.09. The highest BCUT2D eigenvalue weighted by Gasteiger charge is 2.15. The molecule has 0 aliphatic rings. The van der Waals surface area contributed by atoms with E-state index in [4.69, 9.17) is 13.9 Å². The molecule has 0 atom stereocenters. The van der Waals surface area contributed by atoms with Crippen LogP contribution < -0.4 is 20.2 Å². The van der Waals surface area contributed by atoms with Crippen LogP contribution in [-0.4, -0.2) is 37.1 Å². The Bertz CT molecular complexity index is 843. The Morgan fingerprint density at radius 3 is 2.56 bits per heavy atom. The van der Waals surface area contributed by atoms with Crippen LogP contribution in [0, 0.1) is 0 Å². The van der Waals surface area contributed by atoms with Gasteiger partial charge in [0.1, 0.15) is 0 Å². The Morgan fingerprint density at radius 2 is 1.93 bits per heavy atom. The van der Waals surface area contributed by atoms with Crippen LogP contribution in [0.4, 0.5) is 0 Å². The SMILES string of the molecule is COc1cc(/C=N\NC(=O)C(=O)NC(C)C)ccc1OC(=O)c1ccco1.